The standard InChI is InChI=1S/C15H16ClN3O2/c1-21-14-7-3-6-13(16)12(14)9-18-10-4-2-5-11(8-10)19-15(17)20/h2-8,18H,9H2,1H3,(H3,17,19,20). The van der Waals surface area contributed by atoms with Crippen LogP contribution in [0.25, 0.3) is 0 Å². The number of carbonyl (C=O) groups excluding carboxylic acids is 1. The van der Waals surface area contributed by atoms with Gasteiger partial charge in [0.05, 0.1) is 7.11 Å². The van der Waals surface area contributed by atoms with E-state index in [9.17, 15) is 4.79 Å². The second-order valence-corrected chi connectivity index (χ2v) is 4.75. The molecule has 0 spiro atoms. The third-order valence-electron chi connectivity index (χ3n) is 2.90. The number of rotatable bonds is 5. The lowest BCUT2D eigenvalue weighted by Crippen LogP contribution is -2.19. The van der Waals surface area contributed by atoms with E-state index in [1.54, 1.807) is 19.2 Å². The fourth-order valence-electron chi connectivity index (χ4n) is 1.94. The molecular formula is C15H16ClN3O2. The Morgan fingerprint density at radius 3 is 2.67 bits per heavy atom. The molecule has 0 radical (unpaired) electrons. The molecule has 0 aromatic heterocycles. The molecule has 6 heteroatoms. The quantitative estimate of drug-likeness (QED) is 0.792. The SMILES string of the molecule is COc1cccc(Cl)c1CNc1cccc(NC(N)=O)c1. The molecule has 2 amide bonds. The number of methoxy groups -OCH3 is 1. The molecule has 2 aromatic carbocycles. The second-order valence-electron chi connectivity index (χ2n) is 4.34. The summed E-state index contributed by atoms with van der Waals surface area (Å²) in [5.74, 6) is 0.724. The van der Waals surface area contributed by atoms with Gasteiger partial charge in [-0.25, -0.2) is 4.79 Å². The van der Waals surface area contributed by atoms with Crippen LogP contribution in [0.15, 0.2) is 42.5 Å². The van der Waals surface area contributed by atoms with Crippen LogP contribution in [-0.2, 0) is 6.54 Å². The molecule has 2 aromatic rings. The molecule has 4 N–H and O–H groups in total. The summed E-state index contributed by atoms with van der Waals surface area (Å²) in [5.41, 5.74) is 7.42. The maximum absolute atomic E-state index is 10.8. The first-order valence-corrected chi connectivity index (χ1v) is 6.69. The number of benzene rings is 2. The minimum absolute atomic E-state index is 0.503. The minimum atomic E-state index is -0.597. The Morgan fingerprint density at radius 1 is 1.24 bits per heavy atom. The Morgan fingerprint density at radius 2 is 1.95 bits per heavy atom. The summed E-state index contributed by atoms with van der Waals surface area (Å²) in [4.78, 5) is 10.8. The predicted octanol–water partition coefficient (Wildman–Crippen LogP) is 3.45. The van der Waals surface area contributed by atoms with Crippen LogP contribution in [0, 0.1) is 0 Å². The van der Waals surface area contributed by atoms with Gasteiger partial charge in [0.25, 0.3) is 0 Å². The van der Waals surface area contributed by atoms with Crippen molar-refractivity contribution in [1.82, 2.24) is 0 Å². The number of urea groups is 1. The molecule has 0 heterocycles. The minimum Gasteiger partial charge on any atom is -0.496 e. The van der Waals surface area contributed by atoms with Crippen LogP contribution in [-0.4, -0.2) is 13.1 Å². The van der Waals surface area contributed by atoms with Crippen molar-refractivity contribution in [3.8, 4) is 5.75 Å². The summed E-state index contributed by atoms with van der Waals surface area (Å²) in [7, 11) is 1.60. The van der Waals surface area contributed by atoms with Gasteiger partial charge in [-0.1, -0.05) is 23.7 Å². The van der Waals surface area contributed by atoms with Crippen LogP contribution in [0.4, 0.5) is 16.2 Å². The number of amides is 2. The van der Waals surface area contributed by atoms with E-state index in [1.165, 1.54) is 0 Å². The smallest absolute Gasteiger partial charge is 0.316 e. The maximum Gasteiger partial charge on any atom is 0.316 e. The zero-order chi connectivity index (χ0) is 15.2. The normalized spacial score (nSPS) is 10.0. The van der Waals surface area contributed by atoms with Gasteiger partial charge in [0.15, 0.2) is 0 Å². The van der Waals surface area contributed by atoms with Gasteiger partial charge in [0.1, 0.15) is 5.75 Å². The number of nitrogens with one attached hydrogen (secondary N) is 2. The molecule has 0 aliphatic rings. The molecule has 21 heavy (non-hydrogen) atoms. The number of halogens is 1. The topological polar surface area (TPSA) is 76.4 Å². The average Bonchev–Trinajstić information content (AvgIpc) is 2.45. The first kappa shape index (κ1) is 15.0. The van der Waals surface area contributed by atoms with Crippen molar-refractivity contribution in [1.29, 1.82) is 0 Å². The summed E-state index contributed by atoms with van der Waals surface area (Å²) in [5, 5.41) is 6.39. The van der Waals surface area contributed by atoms with Gasteiger partial charge in [0.2, 0.25) is 0 Å². The van der Waals surface area contributed by atoms with E-state index in [1.807, 2.05) is 30.3 Å². The van der Waals surface area contributed by atoms with Gasteiger partial charge in [-0.05, 0) is 30.3 Å². The predicted molar refractivity (Wildman–Crippen MR) is 85.0 cm³/mol. The maximum atomic E-state index is 10.8. The van der Waals surface area contributed by atoms with Crippen LogP contribution in [0.2, 0.25) is 5.02 Å². The molecule has 0 aliphatic heterocycles. The van der Waals surface area contributed by atoms with Crippen LogP contribution in [0.1, 0.15) is 5.56 Å². The van der Waals surface area contributed by atoms with Crippen molar-refractivity contribution >= 4 is 29.0 Å². The molecule has 110 valence electrons. The van der Waals surface area contributed by atoms with Crippen LogP contribution < -0.4 is 21.1 Å². The van der Waals surface area contributed by atoms with E-state index in [2.05, 4.69) is 10.6 Å². The molecule has 0 bridgehead atoms. The molecule has 0 aliphatic carbocycles. The highest BCUT2D eigenvalue weighted by Crippen LogP contribution is 2.27. The average molecular weight is 306 g/mol. The van der Waals surface area contributed by atoms with Crippen molar-refractivity contribution in [2.24, 2.45) is 5.73 Å². The first-order valence-electron chi connectivity index (χ1n) is 6.32. The van der Waals surface area contributed by atoms with E-state index < -0.39 is 6.03 Å². The lowest BCUT2D eigenvalue weighted by atomic mass is 10.2. The van der Waals surface area contributed by atoms with Crippen LogP contribution in [0.3, 0.4) is 0 Å². The summed E-state index contributed by atoms with van der Waals surface area (Å²) < 4.78 is 5.29. The highest BCUT2D eigenvalue weighted by molar-refractivity contribution is 6.31. The highest BCUT2D eigenvalue weighted by atomic mass is 35.5. The number of carbonyl (C=O) groups is 1. The lowest BCUT2D eigenvalue weighted by Gasteiger charge is -2.13. The number of primary amides is 1. The number of hydrogen-bond donors (Lipinski definition) is 3. The molecule has 0 atom stereocenters. The first-order chi connectivity index (χ1) is 10.1. The summed E-state index contributed by atoms with van der Waals surface area (Å²) in [6, 6.07) is 12.1. The summed E-state index contributed by atoms with van der Waals surface area (Å²) in [6.07, 6.45) is 0. The summed E-state index contributed by atoms with van der Waals surface area (Å²) in [6.45, 7) is 0.503. The molecular weight excluding hydrogens is 290 g/mol. The molecule has 0 saturated heterocycles. The number of ether oxygens (including phenoxy) is 1. The number of anilines is 2. The third kappa shape index (κ3) is 4.03. The van der Waals surface area contributed by atoms with Gasteiger partial charge in [-0.2, -0.15) is 0 Å². The Hall–Kier alpha value is -2.40. The van der Waals surface area contributed by atoms with Gasteiger partial charge in [-0.15, -0.1) is 0 Å². The van der Waals surface area contributed by atoms with Gasteiger partial charge >= 0.3 is 6.03 Å². The van der Waals surface area contributed by atoms with Crippen molar-refractivity contribution in [2.75, 3.05) is 17.7 Å². The van der Waals surface area contributed by atoms with E-state index in [4.69, 9.17) is 22.1 Å². The zero-order valence-corrected chi connectivity index (χ0v) is 12.3. The van der Waals surface area contributed by atoms with Crippen molar-refractivity contribution in [3.05, 3.63) is 53.1 Å². The van der Waals surface area contributed by atoms with E-state index in [0.717, 1.165) is 17.0 Å². The van der Waals surface area contributed by atoms with Gasteiger partial charge < -0.3 is 21.1 Å². The Kier molecular flexibility index (Phi) is 4.90. The lowest BCUT2D eigenvalue weighted by molar-refractivity contribution is 0.259. The van der Waals surface area contributed by atoms with Crippen LogP contribution >= 0.6 is 11.6 Å². The fraction of sp³-hybridized carbons (Fsp3) is 0.133. The fourth-order valence-corrected chi connectivity index (χ4v) is 2.17. The van der Waals surface area contributed by atoms with Crippen molar-refractivity contribution in [2.45, 2.75) is 6.54 Å². The van der Waals surface area contributed by atoms with Crippen molar-refractivity contribution < 1.29 is 9.53 Å². The van der Waals surface area contributed by atoms with Crippen molar-refractivity contribution in [3.63, 3.8) is 0 Å². The molecule has 2 rings (SSSR count). The number of hydrogen-bond acceptors (Lipinski definition) is 3. The number of nitrogens with two attached hydrogens (primary N) is 1. The Labute approximate surface area is 128 Å². The molecule has 0 saturated carbocycles. The Bertz CT molecular complexity index is 647. The third-order valence-corrected chi connectivity index (χ3v) is 3.25. The monoisotopic (exact) mass is 305 g/mol. The second kappa shape index (κ2) is 6.85. The van der Waals surface area contributed by atoms with E-state index in [-0.39, 0.29) is 0 Å². The highest BCUT2D eigenvalue weighted by Gasteiger charge is 2.07. The molecule has 5 nitrogen and oxygen atoms in total. The van der Waals surface area contributed by atoms with Gasteiger partial charge in [-0.3, -0.25) is 0 Å². The zero-order valence-electron chi connectivity index (χ0n) is 11.5. The Balaban J connectivity index is 2.11. The summed E-state index contributed by atoms with van der Waals surface area (Å²) >= 11 is 6.18. The van der Waals surface area contributed by atoms with E-state index >= 15 is 0 Å². The van der Waals surface area contributed by atoms with E-state index in [0.29, 0.717) is 17.3 Å². The molecule has 0 fully saturated rings. The van der Waals surface area contributed by atoms with Gasteiger partial charge in [0, 0.05) is 28.5 Å². The molecule has 0 unspecified atom stereocenters. The van der Waals surface area contributed by atoms with Crippen LogP contribution in [0.5, 0.6) is 5.75 Å². The largest absolute Gasteiger partial charge is 0.496 e.